The molecule has 1 saturated carbocycles. The molecule has 0 bridgehead atoms. The molecule has 0 radical (unpaired) electrons. The van der Waals surface area contributed by atoms with Gasteiger partial charge in [-0.25, -0.2) is 4.98 Å². The van der Waals surface area contributed by atoms with Gasteiger partial charge < -0.3 is 5.11 Å². The van der Waals surface area contributed by atoms with Crippen LogP contribution in [0.3, 0.4) is 0 Å². The minimum atomic E-state index is -0.514. The molecular formula is C10H17N3O. The fourth-order valence-electron chi connectivity index (χ4n) is 2.19. The minimum absolute atomic E-state index is 0.514. The Balaban J connectivity index is 2.09. The van der Waals surface area contributed by atoms with Gasteiger partial charge in [-0.05, 0) is 19.8 Å². The second kappa shape index (κ2) is 3.69. The Hall–Kier alpha value is -0.900. The van der Waals surface area contributed by atoms with Crippen LogP contribution < -0.4 is 0 Å². The lowest BCUT2D eigenvalue weighted by molar-refractivity contribution is 0.0451. The van der Waals surface area contributed by atoms with E-state index in [1.54, 1.807) is 6.33 Å². The van der Waals surface area contributed by atoms with Gasteiger partial charge in [0.25, 0.3) is 0 Å². The first kappa shape index (κ1) is 9.65. The number of aryl methyl sites for hydroxylation is 1. The van der Waals surface area contributed by atoms with Crippen molar-refractivity contribution in [2.75, 3.05) is 0 Å². The van der Waals surface area contributed by atoms with Crippen LogP contribution in [0.1, 0.15) is 38.4 Å². The first-order valence-corrected chi connectivity index (χ1v) is 5.32. The first-order chi connectivity index (χ1) is 6.73. The van der Waals surface area contributed by atoms with Gasteiger partial charge in [0.1, 0.15) is 12.2 Å². The SMILES string of the molecule is CCn1ncnc1CC1(O)CCCC1. The summed E-state index contributed by atoms with van der Waals surface area (Å²) in [5.41, 5.74) is -0.514. The summed E-state index contributed by atoms with van der Waals surface area (Å²) < 4.78 is 1.86. The van der Waals surface area contributed by atoms with E-state index in [1.807, 2.05) is 11.6 Å². The molecule has 0 spiro atoms. The third-order valence-electron chi connectivity index (χ3n) is 3.02. The van der Waals surface area contributed by atoms with Crippen molar-refractivity contribution in [3.05, 3.63) is 12.2 Å². The third-order valence-corrected chi connectivity index (χ3v) is 3.02. The lowest BCUT2D eigenvalue weighted by Gasteiger charge is -2.21. The third kappa shape index (κ3) is 1.80. The van der Waals surface area contributed by atoms with Crippen LogP contribution in [0.4, 0.5) is 0 Å². The summed E-state index contributed by atoms with van der Waals surface area (Å²) in [7, 11) is 0. The van der Waals surface area contributed by atoms with Gasteiger partial charge in [0.2, 0.25) is 0 Å². The van der Waals surface area contributed by atoms with E-state index in [9.17, 15) is 5.11 Å². The van der Waals surface area contributed by atoms with E-state index >= 15 is 0 Å². The Morgan fingerprint density at radius 1 is 1.50 bits per heavy atom. The summed E-state index contributed by atoms with van der Waals surface area (Å²) in [4.78, 5) is 4.19. The first-order valence-electron chi connectivity index (χ1n) is 5.32. The van der Waals surface area contributed by atoms with Gasteiger partial charge in [-0.3, -0.25) is 4.68 Å². The molecule has 1 aromatic heterocycles. The summed E-state index contributed by atoms with van der Waals surface area (Å²) in [5, 5.41) is 14.3. The molecule has 1 aliphatic rings. The van der Waals surface area contributed by atoms with Crippen LogP contribution in [0, 0.1) is 0 Å². The molecule has 1 N–H and O–H groups in total. The van der Waals surface area contributed by atoms with Gasteiger partial charge in [0.15, 0.2) is 0 Å². The molecule has 0 unspecified atom stereocenters. The van der Waals surface area contributed by atoms with E-state index in [-0.39, 0.29) is 0 Å². The molecule has 1 heterocycles. The maximum atomic E-state index is 10.2. The Morgan fingerprint density at radius 3 is 2.86 bits per heavy atom. The van der Waals surface area contributed by atoms with Crippen LogP contribution in [-0.4, -0.2) is 25.5 Å². The predicted octanol–water partition coefficient (Wildman–Crippen LogP) is 1.15. The Morgan fingerprint density at radius 2 is 2.21 bits per heavy atom. The minimum Gasteiger partial charge on any atom is -0.389 e. The van der Waals surface area contributed by atoms with E-state index in [0.717, 1.165) is 38.1 Å². The predicted molar refractivity (Wildman–Crippen MR) is 52.8 cm³/mol. The van der Waals surface area contributed by atoms with E-state index in [1.165, 1.54) is 0 Å². The summed E-state index contributed by atoms with van der Waals surface area (Å²) in [6.45, 7) is 2.86. The molecule has 14 heavy (non-hydrogen) atoms. The van der Waals surface area contributed by atoms with Crippen LogP contribution in [0.2, 0.25) is 0 Å². The molecule has 2 rings (SSSR count). The van der Waals surface area contributed by atoms with Crippen molar-refractivity contribution >= 4 is 0 Å². The van der Waals surface area contributed by atoms with Crippen LogP contribution in [0.15, 0.2) is 6.33 Å². The zero-order valence-corrected chi connectivity index (χ0v) is 8.61. The topological polar surface area (TPSA) is 50.9 Å². The van der Waals surface area contributed by atoms with Crippen LogP contribution in [0.5, 0.6) is 0 Å². The highest BCUT2D eigenvalue weighted by molar-refractivity contribution is 4.96. The molecule has 1 aliphatic carbocycles. The molecule has 0 saturated heterocycles. The monoisotopic (exact) mass is 195 g/mol. The molecule has 0 amide bonds. The van der Waals surface area contributed by atoms with Crippen molar-refractivity contribution in [2.45, 2.75) is 51.2 Å². The lowest BCUT2D eigenvalue weighted by Crippen LogP contribution is -2.29. The average Bonchev–Trinajstić information content (AvgIpc) is 2.75. The Labute approximate surface area is 84.0 Å². The lowest BCUT2D eigenvalue weighted by atomic mass is 9.98. The highest BCUT2D eigenvalue weighted by Gasteiger charge is 2.32. The van der Waals surface area contributed by atoms with E-state index < -0.39 is 5.60 Å². The Bertz CT molecular complexity index is 302. The number of aliphatic hydroxyl groups is 1. The molecule has 0 atom stereocenters. The van der Waals surface area contributed by atoms with Gasteiger partial charge in [-0.2, -0.15) is 5.10 Å². The maximum absolute atomic E-state index is 10.2. The summed E-state index contributed by atoms with van der Waals surface area (Å²) in [6.07, 6.45) is 6.30. The number of hydrogen-bond acceptors (Lipinski definition) is 3. The van der Waals surface area contributed by atoms with Crippen molar-refractivity contribution in [3.63, 3.8) is 0 Å². The van der Waals surface area contributed by atoms with Gasteiger partial charge in [0.05, 0.1) is 5.60 Å². The largest absolute Gasteiger partial charge is 0.389 e. The van der Waals surface area contributed by atoms with Gasteiger partial charge in [-0.15, -0.1) is 0 Å². The molecule has 1 fully saturated rings. The fraction of sp³-hybridized carbons (Fsp3) is 0.800. The molecule has 0 aliphatic heterocycles. The number of rotatable bonds is 3. The second-order valence-corrected chi connectivity index (χ2v) is 4.10. The fourth-order valence-corrected chi connectivity index (χ4v) is 2.19. The summed E-state index contributed by atoms with van der Waals surface area (Å²) >= 11 is 0. The number of nitrogens with zero attached hydrogens (tertiary/aromatic N) is 3. The van der Waals surface area contributed by atoms with Crippen LogP contribution in [-0.2, 0) is 13.0 Å². The van der Waals surface area contributed by atoms with Crippen molar-refractivity contribution in [2.24, 2.45) is 0 Å². The van der Waals surface area contributed by atoms with Crippen molar-refractivity contribution in [3.8, 4) is 0 Å². The van der Waals surface area contributed by atoms with Crippen molar-refractivity contribution in [1.29, 1.82) is 0 Å². The zero-order chi connectivity index (χ0) is 10.0. The normalized spacial score (nSPS) is 20.1. The number of aromatic nitrogens is 3. The molecular weight excluding hydrogens is 178 g/mol. The molecule has 1 aromatic rings. The number of hydrogen-bond donors (Lipinski definition) is 1. The van der Waals surface area contributed by atoms with Gasteiger partial charge >= 0.3 is 0 Å². The second-order valence-electron chi connectivity index (χ2n) is 4.10. The highest BCUT2D eigenvalue weighted by Crippen LogP contribution is 2.31. The maximum Gasteiger partial charge on any atom is 0.138 e. The van der Waals surface area contributed by atoms with Crippen LogP contribution >= 0.6 is 0 Å². The molecule has 4 nitrogen and oxygen atoms in total. The summed E-state index contributed by atoms with van der Waals surface area (Å²) in [5.74, 6) is 0.914. The smallest absolute Gasteiger partial charge is 0.138 e. The average molecular weight is 195 g/mol. The van der Waals surface area contributed by atoms with E-state index in [0.29, 0.717) is 6.42 Å². The van der Waals surface area contributed by atoms with Crippen LogP contribution in [0.25, 0.3) is 0 Å². The molecule has 78 valence electrons. The van der Waals surface area contributed by atoms with Gasteiger partial charge in [-0.1, -0.05) is 12.8 Å². The van der Waals surface area contributed by atoms with E-state index in [4.69, 9.17) is 0 Å². The Kier molecular flexibility index (Phi) is 2.54. The quantitative estimate of drug-likeness (QED) is 0.787. The van der Waals surface area contributed by atoms with E-state index in [2.05, 4.69) is 10.1 Å². The molecule has 0 aromatic carbocycles. The highest BCUT2D eigenvalue weighted by atomic mass is 16.3. The standard InChI is InChI=1S/C10H17N3O/c1-2-13-9(11-8-12-13)7-10(14)5-3-4-6-10/h8,14H,2-7H2,1H3. The van der Waals surface area contributed by atoms with Gasteiger partial charge in [0, 0.05) is 13.0 Å². The van der Waals surface area contributed by atoms with Crippen molar-refractivity contribution < 1.29 is 5.11 Å². The zero-order valence-electron chi connectivity index (χ0n) is 8.61. The summed E-state index contributed by atoms with van der Waals surface area (Å²) in [6, 6.07) is 0. The molecule has 4 heteroatoms. The van der Waals surface area contributed by atoms with Crippen molar-refractivity contribution in [1.82, 2.24) is 14.8 Å².